The number of carbonyl (C=O) groups is 1. The fourth-order valence-electron chi connectivity index (χ4n) is 3.39. The van der Waals surface area contributed by atoms with Crippen molar-refractivity contribution in [2.24, 2.45) is 5.41 Å². The van der Waals surface area contributed by atoms with Gasteiger partial charge in [-0.1, -0.05) is 61.0 Å². The second-order valence-electron chi connectivity index (χ2n) is 8.98. The maximum atomic E-state index is 13.1. The zero-order valence-electron chi connectivity index (χ0n) is 19.1. The van der Waals surface area contributed by atoms with Gasteiger partial charge in [-0.3, -0.25) is 4.79 Å². The summed E-state index contributed by atoms with van der Waals surface area (Å²) < 4.78 is 38.0. The van der Waals surface area contributed by atoms with E-state index in [9.17, 15) is 13.2 Å². The van der Waals surface area contributed by atoms with E-state index in [0.717, 1.165) is 16.9 Å². The Morgan fingerprint density at radius 2 is 1.61 bits per heavy atom. The molecule has 0 aliphatic carbocycles. The number of hydrogen-bond acceptors (Lipinski definition) is 5. The highest BCUT2D eigenvalue weighted by Crippen LogP contribution is 2.34. The van der Waals surface area contributed by atoms with Crippen molar-refractivity contribution in [2.75, 3.05) is 12.9 Å². The number of methoxy groups -OCH3 is 1. The lowest BCUT2D eigenvalue weighted by Crippen LogP contribution is -2.21. The number of ketones is 1. The lowest BCUT2D eigenvalue weighted by molar-refractivity contribution is -0.118. The lowest BCUT2D eigenvalue weighted by atomic mass is 9.90. The van der Waals surface area contributed by atoms with Crippen LogP contribution in [0.1, 0.15) is 27.2 Å². The highest BCUT2D eigenvalue weighted by molar-refractivity contribution is 9.10. The number of hydrogen-bond donors (Lipinski definition) is 0. The number of carbonyl (C=O) groups excluding carboxylic acids is 1. The Hall–Kier alpha value is -2.64. The molecule has 0 saturated carbocycles. The number of halogens is 1. The van der Waals surface area contributed by atoms with Crippen LogP contribution in [0.5, 0.6) is 17.2 Å². The monoisotopic (exact) mass is 530 g/mol. The van der Waals surface area contributed by atoms with Crippen molar-refractivity contribution in [2.45, 2.75) is 32.1 Å². The largest absolute Gasteiger partial charge is 0.497 e. The third-order valence-corrected chi connectivity index (χ3v) is 6.99. The SMILES string of the molecule is COc1ccc(-c2cccc(Oc3ccc(Br)cc3S(=O)(=O)CC(=O)CC(C)(C)C)c2)cc1. The molecule has 0 saturated heterocycles. The second kappa shape index (κ2) is 10.1. The average Bonchev–Trinajstić information content (AvgIpc) is 2.73. The quantitative estimate of drug-likeness (QED) is 0.324. The first kappa shape index (κ1) is 25.0. The second-order valence-corrected chi connectivity index (χ2v) is 11.9. The van der Waals surface area contributed by atoms with Gasteiger partial charge in [0.1, 0.15) is 33.7 Å². The highest BCUT2D eigenvalue weighted by Gasteiger charge is 2.26. The van der Waals surface area contributed by atoms with Gasteiger partial charge in [-0.15, -0.1) is 0 Å². The minimum atomic E-state index is -3.89. The van der Waals surface area contributed by atoms with Crippen LogP contribution in [0.25, 0.3) is 11.1 Å². The van der Waals surface area contributed by atoms with E-state index in [4.69, 9.17) is 9.47 Å². The van der Waals surface area contributed by atoms with Crippen LogP contribution < -0.4 is 9.47 Å². The molecule has 33 heavy (non-hydrogen) atoms. The molecule has 3 aromatic rings. The zero-order chi connectivity index (χ0) is 24.2. The Kier molecular flexibility index (Phi) is 7.65. The summed E-state index contributed by atoms with van der Waals surface area (Å²) in [5, 5.41) is 0. The van der Waals surface area contributed by atoms with E-state index in [1.54, 1.807) is 25.3 Å². The Morgan fingerprint density at radius 1 is 0.909 bits per heavy atom. The van der Waals surface area contributed by atoms with Crippen molar-refractivity contribution in [3.63, 3.8) is 0 Å². The minimum Gasteiger partial charge on any atom is -0.497 e. The molecule has 0 unspecified atom stereocenters. The van der Waals surface area contributed by atoms with Gasteiger partial charge in [-0.2, -0.15) is 0 Å². The molecular formula is C26H27BrO5S. The van der Waals surface area contributed by atoms with Crippen LogP contribution in [0.2, 0.25) is 0 Å². The molecule has 0 amide bonds. The Balaban J connectivity index is 1.90. The van der Waals surface area contributed by atoms with Gasteiger partial charge in [0, 0.05) is 10.9 Å². The van der Waals surface area contributed by atoms with Crippen LogP contribution >= 0.6 is 15.9 Å². The van der Waals surface area contributed by atoms with Crippen LogP contribution in [-0.4, -0.2) is 27.1 Å². The van der Waals surface area contributed by atoms with Gasteiger partial charge in [0.15, 0.2) is 9.84 Å². The van der Waals surface area contributed by atoms with E-state index in [2.05, 4.69) is 15.9 Å². The number of Topliss-reactive ketones (excluding diaryl/α,β-unsaturated/α-hetero) is 1. The van der Waals surface area contributed by atoms with Crippen molar-refractivity contribution >= 4 is 31.6 Å². The zero-order valence-corrected chi connectivity index (χ0v) is 21.5. The molecule has 174 valence electrons. The van der Waals surface area contributed by atoms with Gasteiger partial charge in [-0.05, 0) is 59.0 Å². The smallest absolute Gasteiger partial charge is 0.189 e. The highest BCUT2D eigenvalue weighted by atomic mass is 79.9. The molecule has 0 spiro atoms. The Labute approximate surface area is 203 Å². The summed E-state index contributed by atoms with van der Waals surface area (Å²) in [5.41, 5.74) is 1.60. The van der Waals surface area contributed by atoms with Gasteiger partial charge in [0.25, 0.3) is 0 Å². The molecule has 0 fully saturated rings. The van der Waals surface area contributed by atoms with Gasteiger partial charge >= 0.3 is 0 Å². The molecule has 3 rings (SSSR count). The Morgan fingerprint density at radius 3 is 2.24 bits per heavy atom. The number of sulfone groups is 1. The third-order valence-electron chi connectivity index (χ3n) is 4.80. The van der Waals surface area contributed by atoms with E-state index in [1.165, 1.54) is 6.07 Å². The molecule has 0 aliphatic rings. The maximum absolute atomic E-state index is 13.1. The van der Waals surface area contributed by atoms with Crippen LogP contribution in [0.4, 0.5) is 0 Å². The molecule has 3 aromatic carbocycles. The van der Waals surface area contributed by atoms with Crippen molar-refractivity contribution in [3.8, 4) is 28.4 Å². The number of rotatable bonds is 8. The van der Waals surface area contributed by atoms with E-state index in [-0.39, 0.29) is 28.3 Å². The summed E-state index contributed by atoms with van der Waals surface area (Å²) in [5.74, 6) is 0.534. The minimum absolute atomic E-state index is 0.0195. The topological polar surface area (TPSA) is 69.7 Å². The summed E-state index contributed by atoms with van der Waals surface area (Å²) in [6, 6.07) is 19.8. The fraction of sp³-hybridized carbons (Fsp3) is 0.269. The number of ether oxygens (including phenoxy) is 2. The van der Waals surface area contributed by atoms with Gasteiger partial charge in [0.2, 0.25) is 0 Å². The van der Waals surface area contributed by atoms with Crippen molar-refractivity contribution in [1.29, 1.82) is 0 Å². The first-order chi connectivity index (χ1) is 15.5. The summed E-state index contributed by atoms with van der Waals surface area (Å²) in [6.45, 7) is 5.71. The molecule has 0 heterocycles. The molecular weight excluding hydrogens is 504 g/mol. The van der Waals surface area contributed by atoms with Crippen molar-refractivity contribution in [1.82, 2.24) is 0 Å². The van der Waals surface area contributed by atoms with E-state index in [1.807, 2.05) is 63.2 Å². The van der Waals surface area contributed by atoms with Crippen LogP contribution in [-0.2, 0) is 14.6 Å². The fourth-order valence-corrected chi connectivity index (χ4v) is 5.31. The first-order valence-corrected chi connectivity index (χ1v) is 12.9. The van der Waals surface area contributed by atoms with Crippen molar-refractivity contribution in [3.05, 3.63) is 71.2 Å². The van der Waals surface area contributed by atoms with Crippen molar-refractivity contribution < 1.29 is 22.7 Å². The summed E-state index contributed by atoms with van der Waals surface area (Å²) in [4.78, 5) is 12.4. The van der Waals surface area contributed by atoms with E-state index < -0.39 is 15.6 Å². The summed E-state index contributed by atoms with van der Waals surface area (Å²) >= 11 is 3.33. The van der Waals surface area contributed by atoms with Crippen LogP contribution in [0, 0.1) is 5.41 Å². The molecule has 0 aromatic heterocycles. The van der Waals surface area contributed by atoms with Gasteiger partial charge in [0.05, 0.1) is 7.11 Å². The van der Waals surface area contributed by atoms with Gasteiger partial charge < -0.3 is 9.47 Å². The third kappa shape index (κ3) is 6.92. The van der Waals surface area contributed by atoms with Crippen LogP contribution in [0.15, 0.2) is 76.1 Å². The molecule has 0 radical (unpaired) electrons. The molecule has 0 N–H and O–H groups in total. The van der Waals surface area contributed by atoms with E-state index in [0.29, 0.717) is 10.2 Å². The predicted octanol–water partition coefficient (Wildman–Crippen LogP) is 6.70. The molecule has 0 atom stereocenters. The standard InChI is InChI=1S/C26H27BrO5S/c1-26(2,3)16-21(28)17-33(29,30)25-15-20(27)10-13-24(25)32-23-7-5-6-19(14-23)18-8-11-22(31-4)12-9-18/h5-15H,16-17H2,1-4H3. The maximum Gasteiger partial charge on any atom is 0.189 e. The average molecular weight is 531 g/mol. The van der Waals surface area contributed by atoms with Gasteiger partial charge in [-0.25, -0.2) is 8.42 Å². The number of benzene rings is 3. The van der Waals surface area contributed by atoms with E-state index >= 15 is 0 Å². The Bertz CT molecular complexity index is 1240. The molecule has 0 bridgehead atoms. The molecule has 0 aliphatic heterocycles. The summed E-state index contributed by atoms with van der Waals surface area (Å²) in [6.07, 6.45) is 0.181. The molecule has 5 nitrogen and oxygen atoms in total. The summed E-state index contributed by atoms with van der Waals surface area (Å²) in [7, 11) is -2.28. The first-order valence-electron chi connectivity index (χ1n) is 10.4. The predicted molar refractivity (Wildman–Crippen MR) is 134 cm³/mol. The molecule has 7 heteroatoms. The lowest BCUT2D eigenvalue weighted by Gasteiger charge is -2.17. The van der Waals surface area contributed by atoms with Crippen LogP contribution in [0.3, 0.4) is 0 Å². The normalized spacial score (nSPS) is 11.8.